The normalized spacial score (nSPS) is 19.6. The fourth-order valence-electron chi connectivity index (χ4n) is 3.52. The van der Waals surface area contributed by atoms with Gasteiger partial charge in [-0.1, -0.05) is 11.6 Å². The number of halogens is 1. The molecule has 27 heavy (non-hydrogen) atoms. The highest BCUT2D eigenvalue weighted by atomic mass is 35.5. The standard InChI is InChI=1S/C19H21ClN6O/c1-12-8-22-16-15(12)17(25-11-24-16)26-7-6-19(21,10-26)9-23-18(27)13-2-4-14(20)5-3-13/h2-5,8,11H,6-7,9-10,21H2,1H3,(H,23,27)(H,22,24,25)/t19-/m0/s1. The maximum absolute atomic E-state index is 12.3. The van der Waals surface area contributed by atoms with Crippen LogP contribution >= 0.6 is 11.6 Å². The summed E-state index contributed by atoms with van der Waals surface area (Å²) in [5.41, 5.74) is 8.55. The van der Waals surface area contributed by atoms with Crippen molar-refractivity contribution < 1.29 is 4.79 Å². The van der Waals surface area contributed by atoms with Gasteiger partial charge in [0.05, 0.1) is 10.9 Å². The molecule has 0 saturated carbocycles. The third-order valence-corrected chi connectivity index (χ3v) is 5.29. The molecule has 2 aromatic heterocycles. The van der Waals surface area contributed by atoms with Gasteiger partial charge in [0.25, 0.3) is 5.91 Å². The van der Waals surface area contributed by atoms with Crippen LogP contribution in [0.15, 0.2) is 36.8 Å². The zero-order valence-corrected chi connectivity index (χ0v) is 15.8. The maximum Gasteiger partial charge on any atom is 0.251 e. The Morgan fingerprint density at radius 3 is 2.93 bits per heavy atom. The summed E-state index contributed by atoms with van der Waals surface area (Å²) in [5.74, 6) is 0.732. The van der Waals surface area contributed by atoms with Crippen molar-refractivity contribution >= 4 is 34.4 Å². The largest absolute Gasteiger partial charge is 0.354 e. The number of rotatable bonds is 4. The molecule has 8 heteroatoms. The second-order valence-electron chi connectivity index (χ2n) is 7.12. The van der Waals surface area contributed by atoms with Gasteiger partial charge in [-0.05, 0) is 43.2 Å². The van der Waals surface area contributed by atoms with Crippen LogP contribution in [-0.4, -0.2) is 46.0 Å². The number of nitrogens with one attached hydrogen (secondary N) is 2. The summed E-state index contributed by atoms with van der Waals surface area (Å²) >= 11 is 5.87. The number of amides is 1. The SMILES string of the molecule is Cc1c[nH]c2ncnc(N3CC[C@](N)(CNC(=O)c4ccc(Cl)cc4)C3)c12. The number of aromatic nitrogens is 3. The molecular formula is C19H21ClN6O. The van der Waals surface area contributed by atoms with E-state index in [0.717, 1.165) is 35.4 Å². The van der Waals surface area contributed by atoms with Crippen molar-refractivity contribution in [3.8, 4) is 0 Å². The smallest absolute Gasteiger partial charge is 0.251 e. The van der Waals surface area contributed by atoms with E-state index in [2.05, 4.69) is 25.2 Å². The van der Waals surface area contributed by atoms with E-state index in [-0.39, 0.29) is 5.91 Å². The van der Waals surface area contributed by atoms with Crippen molar-refractivity contribution in [2.75, 3.05) is 24.5 Å². The Labute approximate surface area is 161 Å². The van der Waals surface area contributed by atoms with Crippen LogP contribution in [0.3, 0.4) is 0 Å². The average molecular weight is 385 g/mol. The first-order chi connectivity index (χ1) is 13.0. The molecule has 0 spiro atoms. The fraction of sp³-hybridized carbons (Fsp3) is 0.316. The first-order valence-corrected chi connectivity index (χ1v) is 9.19. The van der Waals surface area contributed by atoms with Crippen molar-refractivity contribution in [2.24, 2.45) is 5.73 Å². The van der Waals surface area contributed by atoms with Crippen LogP contribution in [0, 0.1) is 6.92 Å². The highest BCUT2D eigenvalue weighted by molar-refractivity contribution is 6.30. The lowest BCUT2D eigenvalue weighted by Gasteiger charge is -2.25. The van der Waals surface area contributed by atoms with E-state index >= 15 is 0 Å². The minimum Gasteiger partial charge on any atom is -0.354 e. The van der Waals surface area contributed by atoms with Crippen molar-refractivity contribution in [3.05, 3.63) is 52.9 Å². The predicted molar refractivity (Wildman–Crippen MR) is 106 cm³/mol. The summed E-state index contributed by atoms with van der Waals surface area (Å²) in [6, 6.07) is 6.80. The van der Waals surface area contributed by atoms with Gasteiger partial charge in [0.2, 0.25) is 0 Å². The van der Waals surface area contributed by atoms with Crippen LogP contribution in [0.5, 0.6) is 0 Å². The molecule has 0 radical (unpaired) electrons. The van der Waals surface area contributed by atoms with Gasteiger partial charge in [0.1, 0.15) is 17.8 Å². The molecule has 7 nitrogen and oxygen atoms in total. The second-order valence-corrected chi connectivity index (χ2v) is 7.55. The molecule has 1 saturated heterocycles. The maximum atomic E-state index is 12.3. The van der Waals surface area contributed by atoms with E-state index in [9.17, 15) is 4.79 Å². The van der Waals surface area contributed by atoms with Crippen LogP contribution in [0.1, 0.15) is 22.3 Å². The lowest BCUT2D eigenvalue weighted by molar-refractivity contribution is 0.0945. The van der Waals surface area contributed by atoms with E-state index in [4.69, 9.17) is 17.3 Å². The lowest BCUT2D eigenvalue weighted by atomic mass is 10.00. The molecule has 1 atom stereocenters. The number of anilines is 1. The summed E-state index contributed by atoms with van der Waals surface area (Å²) in [6.07, 6.45) is 4.26. The third-order valence-electron chi connectivity index (χ3n) is 5.04. The molecular weight excluding hydrogens is 364 g/mol. The van der Waals surface area contributed by atoms with Gasteiger partial charge in [-0.15, -0.1) is 0 Å². The number of aryl methyl sites for hydroxylation is 1. The number of hydrogen-bond donors (Lipinski definition) is 3. The monoisotopic (exact) mass is 384 g/mol. The van der Waals surface area contributed by atoms with Crippen molar-refractivity contribution in [2.45, 2.75) is 18.9 Å². The number of nitrogens with two attached hydrogens (primary N) is 1. The van der Waals surface area contributed by atoms with Gasteiger partial charge in [0.15, 0.2) is 0 Å². The fourth-order valence-corrected chi connectivity index (χ4v) is 3.64. The Kier molecular flexibility index (Phi) is 4.49. The molecule has 140 valence electrons. The molecule has 1 aliphatic rings. The molecule has 3 heterocycles. The molecule has 1 fully saturated rings. The molecule has 4 rings (SSSR count). The number of aromatic amines is 1. The van der Waals surface area contributed by atoms with Crippen LogP contribution in [0.4, 0.5) is 5.82 Å². The molecule has 3 aromatic rings. The van der Waals surface area contributed by atoms with E-state index in [0.29, 0.717) is 23.7 Å². The zero-order valence-electron chi connectivity index (χ0n) is 15.0. The summed E-state index contributed by atoms with van der Waals surface area (Å²) in [6.45, 7) is 3.82. The quantitative estimate of drug-likeness (QED) is 0.640. The second kappa shape index (κ2) is 6.83. The summed E-state index contributed by atoms with van der Waals surface area (Å²) in [4.78, 5) is 26.4. The minimum atomic E-state index is -0.510. The van der Waals surface area contributed by atoms with Crippen LogP contribution in [0.2, 0.25) is 5.02 Å². The molecule has 0 aliphatic carbocycles. The first kappa shape index (κ1) is 17.8. The van der Waals surface area contributed by atoms with Gasteiger partial charge >= 0.3 is 0 Å². The highest BCUT2D eigenvalue weighted by Crippen LogP contribution is 2.30. The molecule has 1 amide bonds. The van der Waals surface area contributed by atoms with Crippen LogP contribution < -0.4 is 16.0 Å². The van der Waals surface area contributed by atoms with E-state index in [1.807, 2.05) is 13.1 Å². The van der Waals surface area contributed by atoms with Crippen molar-refractivity contribution in [1.29, 1.82) is 0 Å². The zero-order chi connectivity index (χ0) is 19.0. The van der Waals surface area contributed by atoms with Gasteiger partial charge < -0.3 is 20.9 Å². The number of fused-ring (bicyclic) bond motifs is 1. The Balaban J connectivity index is 1.45. The molecule has 1 aliphatic heterocycles. The number of benzene rings is 1. The van der Waals surface area contributed by atoms with Gasteiger partial charge in [-0.2, -0.15) is 0 Å². The number of carbonyl (C=O) groups is 1. The molecule has 0 unspecified atom stereocenters. The number of carbonyl (C=O) groups excluding carboxylic acids is 1. The van der Waals surface area contributed by atoms with E-state index in [1.165, 1.54) is 0 Å². The third kappa shape index (κ3) is 3.48. The summed E-state index contributed by atoms with van der Waals surface area (Å²) < 4.78 is 0. The number of hydrogen-bond acceptors (Lipinski definition) is 5. The number of nitrogens with zero attached hydrogens (tertiary/aromatic N) is 3. The molecule has 4 N–H and O–H groups in total. The average Bonchev–Trinajstić information content (AvgIpc) is 3.24. The summed E-state index contributed by atoms with van der Waals surface area (Å²) in [5, 5.41) is 4.57. The lowest BCUT2D eigenvalue weighted by Crippen LogP contribution is -2.52. The van der Waals surface area contributed by atoms with E-state index < -0.39 is 5.54 Å². The Hall–Kier alpha value is -2.64. The molecule has 1 aromatic carbocycles. The highest BCUT2D eigenvalue weighted by Gasteiger charge is 2.36. The van der Waals surface area contributed by atoms with Crippen LogP contribution in [0.25, 0.3) is 11.0 Å². The topological polar surface area (TPSA) is 99.9 Å². The van der Waals surface area contributed by atoms with Crippen molar-refractivity contribution in [3.63, 3.8) is 0 Å². The van der Waals surface area contributed by atoms with Gasteiger partial charge in [0, 0.05) is 36.4 Å². The Morgan fingerprint density at radius 1 is 1.37 bits per heavy atom. The predicted octanol–water partition coefficient (Wildman–Crippen LogP) is 2.26. The van der Waals surface area contributed by atoms with Crippen LogP contribution in [-0.2, 0) is 0 Å². The minimum absolute atomic E-state index is 0.152. The van der Waals surface area contributed by atoms with Gasteiger partial charge in [-0.3, -0.25) is 4.79 Å². The first-order valence-electron chi connectivity index (χ1n) is 8.81. The molecule has 0 bridgehead atoms. The Bertz CT molecular complexity index is 986. The Morgan fingerprint density at radius 2 is 2.15 bits per heavy atom. The van der Waals surface area contributed by atoms with Crippen molar-refractivity contribution in [1.82, 2.24) is 20.3 Å². The number of H-pyrrole nitrogens is 1. The van der Waals surface area contributed by atoms with E-state index in [1.54, 1.807) is 30.6 Å². The van der Waals surface area contributed by atoms with Gasteiger partial charge in [-0.25, -0.2) is 9.97 Å². The summed E-state index contributed by atoms with van der Waals surface area (Å²) in [7, 11) is 0.